The number of alkyl halides is 3. The fourth-order valence-corrected chi connectivity index (χ4v) is 6.61. The molecule has 0 aromatic rings. The summed E-state index contributed by atoms with van der Waals surface area (Å²) >= 11 is 0. The number of fused-ring (bicyclic) bond motifs is 1. The predicted molar refractivity (Wildman–Crippen MR) is 118 cm³/mol. The summed E-state index contributed by atoms with van der Waals surface area (Å²) in [6.45, 7) is 8.74. The van der Waals surface area contributed by atoms with Gasteiger partial charge in [-0.05, 0) is 86.5 Å². The molecular formula is C26H39F3O2. The Morgan fingerprint density at radius 1 is 1.16 bits per heavy atom. The van der Waals surface area contributed by atoms with Crippen LogP contribution in [0.3, 0.4) is 0 Å². The first-order valence-electron chi connectivity index (χ1n) is 12.0. The maximum Gasteiger partial charge on any atom is 0.414 e. The minimum atomic E-state index is -4.51. The molecule has 3 aliphatic carbocycles. The van der Waals surface area contributed by atoms with E-state index in [0.717, 1.165) is 50.5 Å². The van der Waals surface area contributed by atoms with Crippen LogP contribution in [0, 0.1) is 23.2 Å². The average Bonchev–Trinajstić information content (AvgIpc) is 3.05. The molecule has 3 fully saturated rings. The summed E-state index contributed by atoms with van der Waals surface area (Å²) in [5, 5.41) is 19.3. The largest absolute Gasteiger partial charge is 0.414 e. The predicted octanol–water partition coefficient (Wildman–Crippen LogP) is 6.89. The van der Waals surface area contributed by atoms with Gasteiger partial charge in [0, 0.05) is 0 Å². The van der Waals surface area contributed by atoms with E-state index >= 15 is 0 Å². The highest BCUT2D eigenvalue weighted by Gasteiger charge is 2.50. The third-order valence-corrected chi connectivity index (χ3v) is 8.43. The van der Waals surface area contributed by atoms with E-state index in [2.05, 4.69) is 32.6 Å². The van der Waals surface area contributed by atoms with Crippen molar-refractivity contribution in [1.29, 1.82) is 0 Å². The van der Waals surface area contributed by atoms with Crippen molar-refractivity contribution in [2.24, 2.45) is 23.2 Å². The van der Waals surface area contributed by atoms with Gasteiger partial charge in [-0.2, -0.15) is 13.2 Å². The molecule has 0 aromatic heterocycles. The van der Waals surface area contributed by atoms with Gasteiger partial charge in [-0.15, -0.1) is 0 Å². The zero-order valence-corrected chi connectivity index (χ0v) is 19.1. The summed E-state index contributed by atoms with van der Waals surface area (Å²) in [6, 6.07) is 0. The van der Waals surface area contributed by atoms with E-state index in [4.69, 9.17) is 0 Å². The lowest BCUT2D eigenvalue weighted by Gasteiger charge is -2.44. The van der Waals surface area contributed by atoms with Crippen LogP contribution in [0.1, 0.15) is 84.5 Å². The zero-order valence-electron chi connectivity index (χ0n) is 19.1. The number of allylic oxidation sites excluding steroid dienone is 4. The molecule has 0 radical (unpaired) electrons. The number of aliphatic hydroxyl groups excluding tert-OH is 2. The second-order valence-electron chi connectivity index (χ2n) is 10.5. The van der Waals surface area contributed by atoms with Crippen LogP contribution in [0.15, 0.2) is 35.5 Å². The molecule has 0 aliphatic heterocycles. The van der Waals surface area contributed by atoms with Crippen LogP contribution in [0.5, 0.6) is 0 Å². The molecule has 2 N–H and O–H groups in total. The summed E-state index contributed by atoms with van der Waals surface area (Å²) in [7, 11) is 0. The molecule has 2 nitrogen and oxygen atoms in total. The first-order chi connectivity index (χ1) is 14.5. The van der Waals surface area contributed by atoms with Crippen molar-refractivity contribution >= 4 is 0 Å². The van der Waals surface area contributed by atoms with E-state index in [1.165, 1.54) is 17.6 Å². The SMILES string of the molecule is C=C1CCC(O)C/C1=C/C=C1\CCCC2(C)C1CCC2C(C)CCCC(O)C(F)(F)F. The minimum Gasteiger partial charge on any atom is -0.393 e. The minimum absolute atomic E-state index is 0.199. The number of rotatable bonds is 6. The lowest BCUT2D eigenvalue weighted by atomic mass is 9.60. The summed E-state index contributed by atoms with van der Waals surface area (Å²) in [4.78, 5) is 0. The third kappa shape index (κ3) is 5.65. The highest BCUT2D eigenvalue weighted by atomic mass is 19.4. The summed E-state index contributed by atoms with van der Waals surface area (Å²) in [5.41, 5.74) is 4.01. The van der Waals surface area contributed by atoms with E-state index < -0.39 is 12.3 Å². The van der Waals surface area contributed by atoms with Gasteiger partial charge in [0.1, 0.15) is 6.10 Å². The van der Waals surface area contributed by atoms with Crippen LogP contribution in [-0.2, 0) is 0 Å². The number of hydrogen-bond donors (Lipinski definition) is 2. The molecule has 6 atom stereocenters. The Balaban J connectivity index is 1.64. The Bertz CT molecular complexity index is 708. The Morgan fingerprint density at radius 3 is 2.61 bits per heavy atom. The molecule has 5 heteroatoms. The van der Waals surface area contributed by atoms with Crippen LogP contribution in [0.4, 0.5) is 13.2 Å². The molecule has 3 saturated carbocycles. The first kappa shape index (κ1) is 24.6. The van der Waals surface area contributed by atoms with Crippen LogP contribution in [-0.4, -0.2) is 28.6 Å². The van der Waals surface area contributed by atoms with Gasteiger partial charge in [-0.3, -0.25) is 0 Å². The van der Waals surface area contributed by atoms with Gasteiger partial charge in [0.15, 0.2) is 0 Å². The second kappa shape index (κ2) is 9.82. The van der Waals surface area contributed by atoms with E-state index in [1.54, 1.807) is 0 Å². The van der Waals surface area contributed by atoms with Gasteiger partial charge in [-0.1, -0.05) is 56.6 Å². The maximum atomic E-state index is 12.6. The van der Waals surface area contributed by atoms with Crippen LogP contribution in [0.25, 0.3) is 0 Å². The molecule has 176 valence electrons. The van der Waals surface area contributed by atoms with E-state index in [9.17, 15) is 23.4 Å². The molecule has 0 saturated heterocycles. The van der Waals surface area contributed by atoms with E-state index in [1.807, 2.05) is 0 Å². The zero-order chi connectivity index (χ0) is 22.8. The van der Waals surface area contributed by atoms with Crippen molar-refractivity contribution in [3.05, 3.63) is 35.5 Å². The highest BCUT2D eigenvalue weighted by Crippen LogP contribution is 2.60. The van der Waals surface area contributed by atoms with Gasteiger partial charge >= 0.3 is 6.18 Å². The summed E-state index contributed by atoms with van der Waals surface area (Å²) in [6.07, 6.45) is 6.51. The molecule has 31 heavy (non-hydrogen) atoms. The van der Waals surface area contributed by atoms with Crippen molar-refractivity contribution in [1.82, 2.24) is 0 Å². The van der Waals surface area contributed by atoms with Gasteiger partial charge in [0.05, 0.1) is 6.10 Å². The lowest BCUT2D eigenvalue weighted by Crippen LogP contribution is -2.36. The number of aliphatic hydroxyl groups is 2. The molecule has 3 aliphatic rings. The highest BCUT2D eigenvalue weighted by molar-refractivity contribution is 5.36. The van der Waals surface area contributed by atoms with Crippen molar-refractivity contribution in [3.8, 4) is 0 Å². The molecule has 0 bridgehead atoms. The maximum absolute atomic E-state index is 12.6. The van der Waals surface area contributed by atoms with Crippen molar-refractivity contribution < 1.29 is 23.4 Å². The smallest absolute Gasteiger partial charge is 0.393 e. The molecule has 6 unspecified atom stereocenters. The second-order valence-corrected chi connectivity index (χ2v) is 10.5. The Kier molecular flexibility index (Phi) is 7.79. The molecule has 0 aromatic carbocycles. The summed E-state index contributed by atoms with van der Waals surface area (Å²) < 4.78 is 37.7. The Labute approximate surface area is 185 Å². The first-order valence-corrected chi connectivity index (χ1v) is 12.0. The standard InChI is InChI=1S/C26H39F3O2/c1-17-9-12-21(30)16-20(17)11-10-19-7-5-15-25(3)22(13-14-23(19)25)18(2)6-4-8-24(31)26(27,28)29/h10-11,18,21-24,30-31H,1,4-9,12-16H2,2-3H3/b19-10+,20-11-. The molecular weight excluding hydrogens is 401 g/mol. The molecule has 0 spiro atoms. The van der Waals surface area contributed by atoms with Gasteiger partial charge < -0.3 is 10.2 Å². The molecule has 0 heterocycles. The van der Waals surface area contributed by atoms with Crippen LogP contribution >= 0.6 is 0 Å². The molecule has 0 amide bonds. The van der Waals surface area contributed by atoms with Crippen molar-refractivity contribution in [3.63, 3.8) is 0 Å². The Morgan fingerprint density at radius 2 is 1.90 bits per heavy atom. The fourth-order valence-electron chi connectivity index (χ4n) is 6.61. The van der Waals surface area contributed by atoms with E-state index in [-0.39, 0.29) is 17.9 Å². The normalized spacial score (nSPS) is 36.6. The fraction of sp³-hybridized carbons (Fsp3) is 0.769. The Hall–Kier alpha value is -1.07. The van der Waals surface area contributed by atoms with Gasteiger partial charge in [-0.25, -0.2) is 0 Å². The van der Waals surface area contributed by atoms with Crippen molar-refractivity contribution in [2.75, 3.05) is 0 Å². The van der Waals surface area contributed by atoms with Crippen LogP contribution < -0.4 is 0 Å². The van der Waals surface area contributed by atoms with E-state index in [0.29, 0.717) is 30.6 Å². The molecule has 3 rings (SSSR count). The topological polar surface area (TPSA) is 40.5 Å². The van der Waals surface area contributed by atoms with Gasteiger partial charge in [0.25, 0.3) is 0 Å². The van der Waals surface area contributed by atoms with Gasteiger partial charge in [0.2, 0.25) is 0 Å². The number of hydrogen-bond acceptors (Lipinski definition) is 2. The average molecular weight is 441 g/mol. The third-order valence-electron chi connectivity index (χ3n) is 8.43. The lowest BCUT2D eigenvalue weighted by molar-refractivity contribution is -0.205. The summed E-state index contributed by atoms with van der Waals surface area (Å²) in [5.74, 6) is 1.41. The van der Waals surface area contributed by atoms with Crippen LogP contribution in [0.2, 0.25) is 0 Å². The van der Waals surface area contributed by atoms with Crippen molar-refractivity contribution in [2.45, 2.75) is 103 Å². The monoisotopic (exact) mass is 440 g/mol. The number of halogens is 3. The quantitative estimate of drug-likeness (QED) is 0.472.